The number of hydrogen-bond donors (Lipinski definition) is 3. The number of aliphatic hydroxyl groups is 2. The van der Waals surface area contributed by atoms with E-state index in [1.54, 1.807) is 18.1 Å². The zero-order chi connectivity index (χ0) is 27.1. The second-order valence-electron chi connectivity index (χ2n) is 9.78. The van der Waals surface area contributed by atoms with Crippen LogP contribution in [0.5, 0.6) is 0 Å². The number of benzene rings is 3. The maximum Gasteiger partial charge on any atom is 0.240 e. The van der Waals surface area contributed by atoms with Crippen LogP contribution in [0.4, 0.5) is 10.1 Å². The van der Waals surface area contributed by atoms with Crippen molar-refractivity contribution in [2.75, 3.05) is 31.6 Å². The summed E-state index contributed by atoms with van der Waals surface area (Å²) in [5, 5.41) is 25.0. The smallest absolute Gasteiger partial charge is 0.240 e. The third kappa shape index (κ3) is 6.76. The van der Waals surface area contributed by atoms with Crippen molar-refractivity contribution in [2.24, 2.45) is 5.92 Å². The molecule has 8 heteroatoms. The fraction of sp³-hybridized carbons (Fsp3) is 0.367. The molecule has 0 spiro atoms. The number of para-hydroxylation sites is 1. The first kappa shape index (κ1) is 27.7. The molecule has 4 atom stereocenters. The molecule has 4 rings (SSSR count). The molecule has 7 nitrogen and oxygen atoms in total. The van der Waals surface area contributed by atoms with Crippen molar-refractivity contribution >= 4 is 11.6 Å². The van der Waals surface area contributed by atoms with Crippen molar-refractivity contribution in [3.8, 4) is 11.1 Å². The van der Waals surface area contributed by atoms with Crippen LogP contribution in [0.15, 0.2) is 78.9 Å². The van der Waals surface area contributed by atoms with E-state index in [-0.39, 0.29) is 24.9 Å². The molecule has 3 N–H and O–H groups in total. The zero-order valence-corrected chi connectivity index (χ0v) is 21.8. The van der Waals surface area contributed by atoms with Gasteiger partial charge in [-0.05, 0) is 60.4 Å². The van der Waals surface area contributed by atoms with E-state index in [0.717, 1.165) is 35.3 Å². The number of hydrogen-bond acceptors (Lipinski definition) is 6. The Hall–Kier alpha value is -3.30. The second kappa shape index (κ2) is 13.0. The fourth-order valence-electron chi connectivity index (χ4n) is 5.02. The lowest BCUT2D eigenvalue weighted by Crippen LogP contribution is -2.49. The highest BCUT2D eigenvalue weighted by molar-refractivity contribution is 5.82. The van der Waals surface area contributed by atoms with Gasteiger partial charge in [0.2, 0.25) is 5.91 Å². The molecule has 1 aliphatic heterocycles. The highest BCUT2D eigenvalue weighted by Crippen LogP contribution is 2.32. The topological polar surface area (TPSA) is 85.3 Å². The molecular weight excluding hydrogens is 485 g/mol. The maximum atomic E-state index is 13.8. The van der Waals surface area contributed by atoms with Crippen molar-refractivity contribution in [1.29, 1.82) is 0 Å². The van der Waals surface area contributed by atoms with Gasteiger partial charge in [-0.1, -0.05) is 48.5 Å². The third-order valence-electron chi connectivity index (χ3n) is 6.97. The Bertz CT molecular complexity index is 1190. The average Bonchev–Trinajstić information content (AvgIpc) is 3.30. The first-order chi connectivity index (χ1) is 18.4. The minimum Gasteiger partial charge on any atom is -0.394 e. The predicted octanol–water partition coefficient (Wildman–Crippen LogP) is 3.61. The van der Waals surface area contributed by atoms with E-state index < -0.39 is 24.2 Å². The number of aliphatic hydroxyl groups excluding tert-OH is 2. The van der Waals surface area contributed by atoms with Crippen LogP contribution in [0.3, 0.4) is 0 Å². The van der Waals surface area contributed by atoms with E-state index in [2.05, 4.69) is 10.2 Å². The van der Waals surface area contributed by atoms with Gasteiger partial charge in [-0.2, -0.15) is 5.06 Å². The number of amides is 1. The van der Waals surface area contributed by atoms with Crippen molar-refractivity contribution < 1.29 is 24.2 Å². The standard InChI is InChI=1S/C30H36FN3O4/c1-21(36)28-27(20-35)38-34(19-22-9-6-10-23(17-22)24-11-7-12-25(31)18-24)29(28)30(37)32-15-8-16-33(2)26-13-4-3-5-14-26/h3-7,9-14,17-18,21,27-29,35-36H,8,15-16,19-20H2,1-2H3,(H,32,37)/t21-,27-,28+,29-/m1/s1. The summed E-state index contributed by atoms with van der Waals surface area (Å²) in [6, 6.07) is 23.2. The molecule has 1 amide bonds. The Labute approximate surface area is 223 Å². The maximum absolute atomic E-state index is 13.8. The summed E-state index contributed by atoms with van der Waals surface area (Å²) in [6.07, 6.45) is -0.833. The molecule has 0 aromatic heterocycles. The highest BCUT2D eigenvalue weighted by Gasteiger charge is 2.49. The van der Waals surface area contributed by atoms with Gasteiger partial charge in [0.05, 0.1) is 19.3 Å². The van der Waals surface area contributed by atoms with E-state index in [9.17, 15) is 19.4 Å². The number of nitrogens with one attached hydrogen (secondary N) is 1. The summed E-state index contributed by atoms with van der Waals surface area (Å²) in [7, 11) is 2.01. The lowest BCUT2D eigenvalue weighted by atomic mass is 9.89. The molecule has 1 saturated heterocycles. The van der Waals surface area contributed by atoms with Crippen LogP contribution in [0.25, 0.3) is 11.1 Å². The minimum absolute atomic E-state index is 0.254. The van der Waals surface area contributed by atoms with Gasteiger partial charge >= 0.3 is 0 Å². The van der Waals surface area contributed by atoms with Gasteiger partial charge in [0.1, 0.15) is 18.0 Å². The number of carbonyl (C=O) groups excluding carboxylic acids is 1. The van der Waals surface area contributed by atoms with Crippen molar-refractivity contribution in [3.63, 3.8) is 0 Å². The molecule has 202 valence electrons. The molecule has 38 heavy (non-hydrogen) atoms. The molecule has 0 saturated carbocycles. The largest absolute Gasteiger partial charge is 0.394 e. The Morgan fingerprint density at radius 1 is 1.08 bits per heavy atom. The fourth-order valence-corrected chi connectivity index (χ4v) is 5.02. The Morgan fingerprint density at radius 3 is 2.47 bits per heavy atom. The SMILES string of the molecule is C[C@@H](O)[C@H]1[C@@H](CO)ON(Cc2cccc(-c3cccc(F)c3)c2)[C@H]1C(=O)NCCCN(C)c1ccccc1. The molecule has 3 aromatic rings. The van der Waals surface area contributed by atoms with Crippen molar-refractivity contribution in [2.45, 2.75) is 38.1 Å². The van der Waals surface area contributed by atoms with Crippen molar-refractivity contribution in [3.05, 3.63) is 90.2 Å². The van der Waals surface area contributed by atoms with Gasteiger partial charge in [0, 0.05) is 31.7 Å². The predicted molar refractivity (Wildman–Crippen MR) is 146 cm³/mol. The normalized spacial score (nSPS) is 20.3. The van der Waals surface area contributed by atoms with Gasteiger partial charge < -0.3 is 20.4 Å². The van der Waals surface area contributed by atoms with Crippen LogP contribution >= 0.6 is 0 Å². The quantitative estimate of drug-likeness (QED) is 0.335. The Kier molecular flexibility index (Phi) is 9.47. The lowest BCUT2D eigenvalue weighted by molar-refractivity contribution is -0.181. The lowest BCUT2D eigenvalue weighted by Gasteiger charge is -2.27. The number of hydroxylamine groups is 2. The summed E-state index contributed by atoms with van der Waals surface area (Å²) in [5.41, 5.74) is 3.56. The number of carbonyl (C=O) groups is 1. The first-order valence-electron chi connectivity index (χ1n) is 13.0. The summed E-state index contributed by atoms with van der Waals surface area (Å²) in [4.78, 5) is 21.5. The van der Waals surface area contributed by atoms with Crippen LogP contribution in [-0.2, 0) is 16.2 Å². The van der Waals surface area contributed by atoms with E-state index in [0.29, 0.717) is 6.54 Å². The summed E-state index contributed by atoms with van der Waals surface area (Å²) in [6.45, 7) is 2.78. The summed E-state index contributed by atoms with van der Waals surface area (Å²) < 4.78 is 13.8. The monoisotopic (exact) mass is 521 g/mol. The zero-order valence-electron chi connectivity index (χ0n) is 21.8. The molecule has 0 unspecified atom stereocenters. The van der Waals surface area contributed by atoms with Crippen LogP contribution in [0, 0.1) is 11.7 Å². The first-order valence-corrected chi connectivity index (χ1v) is 13.0. The van der Waals surface area contributed by atoms with Gasteiger partial charge in [-0.3, -0.25) is 9.63 Å². The van der Waals surface area contributed by atoms with Gasteiger partial charge in [-0.15, -0.1) is 0 Å². The summed E-state index contributed by atoms with van der Waals surface area (Å²) >= 11 is 0. The number of anilines is 1. The summed E-state index contributed by atoms with van der Waals surface area (Å²) in [5.74, 6) is -1.16. The molecular formula is C30H36FN3O4. The molecule has 1 heterocycles. The molecule has 3 aromatic carbocycles. The van der Waals surface area contributed by atoms with E-state index in [1.165, 1.54) is 12.1 Å². The molecule has 1 aliphatic rings. The van der Waals surface area contributed by atoms with Crippen LogP contribution < -0.4 is 10.2 Å². The van der Waals surface area contributed by atoms with E-state index >= 15 is 0 Å². The van der Waals surface area contributed by atoms with Crippen LogP contribution in [0.1, 0.15) is 18.9 Å². The second-order valence-corrected chi connectivity index (χ2v) is 9.78. The molecule has 0 aliphatic carbocycles. The minimum atomic E-state index is -0.865. The number of rotatable bonds is 11. The Morgan fingerprint density at radius 2 is 1.79 bits per heavy atom. The van der Waals surface area contributed by atoms with Crippen LogP contribution in [-0.4, -0.2) is 66.2 Å². The van der Waals surface area contributed by atoms with Crippen molar-refractivity contribution in [1.82, 2.24) is 10.4 Å². The Balaban J connectivity index is 1.44. The number of halogens is 1. The van der Waals surface area contributed by atoms with E-state index in [1.807, 2.05) is 67.7 Å². The van der Waals surface area contributed by atoms with E-state index in [4.69, 9.17) is 4.84 Å². The highest BCUT2D eigenvalue weighted by atomic mass is 19.1. The van der Waals surface area contributed by atoms with Gasteiger partial charge in [0.25, 0.3) is 0 Å². The van der Waals surface area contributed by atoms with Crippen LogP contribution in [0.2, 0.25) is 0 Å². The van der Waals surface area contributed by atoms with Gasteiger partial charge in [0.15, 0.2) is 0 Å². The number of nitrogens with zero attached hydrogens (tertiary/aromatic N) is 2. The average molecular weight is 522 g/mol. The molecule has 1 fully saturated rings. The molecule has 0 radical (unpaired) electrons. The van der Waals surface area contributed by atoms with Gasteiger partial charge in [-0.25, -0.2) is 4.39 Å². The molecule has 0 bridgehead atoms. The third-order valence-corrected chi connectivity index (χ3v) is 6.97.